The Morgan fingerprint density at radius 2 is 2.08 bits per heavy atom. The van der Waals surface area contributed by atoms with Crippen LogP contribution in [0.15, 0.2) is 22.2 Å². The van der Waals surface area contributed by atoms with Crippen molar-refractivity contribution in [2.24, 2.45) is 16.3 Å². The van der Waals surface area contributed by atoms with Crippen LogP contribution in [0.4, 0.5) is 10.2 Å². The number of carboxylic acid groups (broad SMARTS) is 2. The average molecular weight is 505 g/mol. The molecule has 3 aliphatic rings. The summed E-state index contributed by atoms with van der Waals surface area (Å²) in [5, 5.41) is 24.8. The van der Waals surface area contributed by atoms with Crippen molar-refractivity contribution in [3.8, 4) is 0 Å². The number of aromatic carboxylic acids is 1. The molecule has 0 aromatic carbocycles. The number of carboxylic acids is 2. The zero-order valence-corrected chi connectivity index (χ0v) is 20.0. The van der Waals surface area contributed by atoms with E-state index in [2.05, 4.69) is 15.5 Å². The number of rotatable bonds is 6. The smallest absolute Gasteiger partial charge is 0.341 e. The molecular formula is C23H29FN6O6. The molecule has 2 saturated heterocycles. The van der Waals surface area contributed by atoms with Crippen molar-refractivity contribution in [2.45, 2.75) is 38.3 Å². The summed E-state index contributed by atoms with van der Waals surface area (Å²) in [6, 6.07) is 0.510. The van der Waals surface area contributed by atoms with Crippen LogP contribution in [-0.4, -0.2) is 76.7 Å². The van der Waals surface area contributed by atoms with Gasteiger partial charge in [-0.1, -0.05) is 12.1 Å². The minimum absolute atomic E-state index is 0.0111. The van der Waals surface area contributed by atoms with Crippen molar-refractivity contribution >= 4 is 34.5 Å². The Morgan fingerprint density at radius 3 is 2.56 bits per heavy atom. The largest absolute Gasteiger partial charge is 0.480 e. The van der Waals surface area contributed by atoms with Crippen LogP contribution in [0.2, 0.25) is 0 Å². The quantitative estimate of drug-likeness (QED) is 0.412. The van der Waals surface area contributed by atoms with Crippen molar-refractivity contribution in [2.75, 3.05) is 38.2 Å². The van der Waals surface area contributed by atoms with Gasteiger partial charge in [0.05, 0.1) is 23.1 Å². The van der Waals surface area contributed by atoms with Crippen LogP contribution in [0, 0.1) is 11.2 Å². The van der Waals surface area contributed by atoms with Gasteiger partial charge >= 0.3 is 11.9 Å². The number of halogens is 1. The van der Waals surface area contributed by atoms with Crippen LogP contribution in [0.25, 0.3) is 11.0 Å². The molecule has 2 aromatic heterocycles. The number of nitrogens with one attached hydrogen (secondary N) is 1. The lowest BCUT2D eigenvalue weighted by atomic mass is 9.79. The molecule has 5 N–H and O–H groups in total. The molecule has 1 aliphatic carbocycles. The summed E-state index contributed by atoms with van der Waals surface area (Å²) in [6.07, 6.45) is 3.57. The lowest BCUT2D eigenvalue weighted by Gasteiger charge is -2.38. The predicted octanol–water partition coefficient (Wildman–Crippen LogP) is 0.789. The highest BCUT2D eigenvalue weighted by Gasteiger charge is 2.50. The van der Waals surface area contributed by atoms with Crippen LogP contribution in [0.5, 0.6) is 0 Å². The first-order chi connectivity index (χ1) is 17.1. The van der Waals surface area contributed by atoms with Gasteiger partial charge in [0, 0.05) is 31.9 Å². The molecule has 1 saturated carbocycles. The topological polar surface area (TPSA) is 172 Å². The number of nitrogens with zero attached hydrogens (tertiary/aromatic N) is 4. The van der Waals surface area contributed by atoms with Gasteiger partial charge in [-0.05, 0) is 25.3 Å². The number of aromatic nitrogens is 2. The zero-order valence-electron chi connectivity index (χ0n) is 20.0. The van der Waals surface area contributed by atoms with Crippen molar-refractivity contribution in [3.63, 3.8) is 0 Å². The fourth-order valence-electron chi connectivity index (χ4n) is 4.41. The summed E-state index contributed by atoms with van der Waals surface area (Å²) in [6.45, 7) is 4.12. The van der Waals surface area contributed by atoms with E-state index in [9.17, 15) is 19.5 Å². The fourth-order valence-corrected chi connectivity index (χ4v) is 4.41. The lowest BCUT2D eigenvalue weighted by molar-refractivity contribution is -0.138. The highest BCUT2D eigenvalue weighted by Crippen LogP contribution is 2.39. The van der Waals surface area contributed by atoms with E-state index in [0.717, 1.165) is 37.7 Å². The summed E-state index contributed by atoms with van der Waals surface area (Å²) in [7, 11) is 1.48. The Hall–Kier alpha value is -3.58. The number of carbonyl (C=O) groups is 2. The molecule has 1 unspecified atom stereocenters. The number of fused-ring (bicyclic) bond motifs is 1. The van der Waals surface area contributed by atoms with Gasteiger partial charge in [0.25, 0.3) is 0 Å². The summed E-state index contributed by atoms with van der Waals surface area (Å²) in [4.78, 5) is 45.1. The zero-order chi connectivity index (χ0) is 26.2. The van der Waals surface area contributed by atoms with Gasteiger partial charge in [0.1, 0.15) is 24.4 Å². The maximum absolute atomic E-state index is 15.0. The highest BCUT2D eigenvalue weighted by atomic mass is 19.1. The average Bonchev–Trinajstić information content (AvgIpc) is 3.58. The third-order valence-corrected chi connectivity index (χ3v) is 6.74. The SMILES string of the molecule is CCC(N)C(=O)O.CO/N=C1\CN(c2nc3c(cc2F)c(=O)c(C(=O)O)cn3C2CC2)CC12CNC2. The van der Waals surface area contributed by atoms with Crippen molar-refractivity contribution in [1.82, 2.24) is 14.9 Å². The lowest BCUT2D eigenvalue weighted by Crippen LogP contribution is -2.58. The molecule has 36 heavy (non-hydrogen) atoms. The van der Waals surface area contributed by atoms with E-state index in [4.69, 9.17) is 15.7 Å². The monoisotopic (exact) mass is 504 g/mol. The molecule has 2 aromatic rings. The second-order valence-electron chi connectivity index (χ2n) is 9.29. The third kappa shape index (κ3) is 4.63. The van der Waals surface area contributed by atoms with E-state index in [1.807, 2.05) is 0 Å². The van der Waals surface area contributed by atoms with Crippen LogP contribution in [0.1, 0.15) is 42.6 Å². The molecule has 12 nitrogen and oxygen atoms in total. The Kier molecular flexibility index (Phi) is 6.96. The van der Waals surface area contributed by atoms with E-state index in [1.54, 1.807) is 16.4 Å². The minimum Gasteiger partial charge on any atom is -0.480 e. The Balaban J connectivity index is 0.000000384. The molecule has 1 atom stereocenters. The van der Waals surface area contributed by atoms with Crippen LogP contribution >= 0.6 is 0 Å². The number of pyridine rings is 2. The Labute approximate surface area is 205 Å². The van der Waals surface area contributed by atoms with Gasteiger partial charge in [-0.25, -0.2) is 14.2 Å². The maximum atomic E-state index is 15.0. The summed E-state index contributed by atoms with van der Waals surface area (Å²) >= 11 is 0. The van der Waals surface area contributed by atoms with E-state index in [1.165, 1.54) is 13.3 Å². The van der Waals surface area contributed by atoms with Gasteiger partial charge < -0.3 is 35.6 Å². The number of oxime groups is 1. The Morgan fingerprint density at radius 1 is 1.39 bits per heavy atom. The van der Waals surface area contributed by atoms with Gasteiger partial charge in [-0.3, -0.25) is 9.59 Å². The fraction of sp³-hybridized carbons (Fsp3) is 0.522. The number of hydrogen-bond acceptors (Lipinski definition) is 9. The molecule has 2 aliphatic heterocycles. The van der Waals surface area contributed by atoms with Crippen molar-refractivity contribution in [1.29, 1.82) is 0 Å². The predicted molar refractivity (Wildman–Crippen MR) is 129 cm³/mol. The van der Waals surface area contributed by atoms with Crippen LogP contribution in [0.3, 0.4) is 0 Å². The van der Waals surface area contributed by atoms with Crippen molar-refractivity contribution in [3.05, 3.63) is 33.9 Å². The van der Waals surface area contributed by atoms with Crippen LogP contribution in [-0.2, 0) is 9.63 Å². The first kappa shape index (κ1) is 25.5. The molecule has 0 bridgehead atoms. The normalized spacial score (nSPS) is 20.1. The molecule has 1 spiro atoms. The van der Waals surface area contributed by atoms with E-state index >= 15 is 4.39 Å². The van der Waals surface area contributed by atoms with E-state index in [0.29, 0.717) is 25.2 Å². The first-order valence-electron chi connectivity index (χ1n) is 11.6. The number of anilines is 1. The van der Waals surface area contributed by atoms with Gasteiger partial charge in [-0.2, -0.15) is 0 Å². The maximum Gasteiger partial charge on any atom is 0.341 e. The summed E-state index contributed by atoms with van der Waals surface area (Å²) in [5.74, 6) is -2.76. The molecule has 0 radical (unpaired) electrons. The molecule has 3 fully saturated rings. The first-order valence-corrected chi connectivity index (χ1v) is 11.6. The second kappa shape index (κ2) is 9.82. The second-order valence-corrected chi connectivity index (χ2v) is 9.29. The molecule has 4 heterocycles. The van der Waals surface area contributed by atoms with E-state index in [-0.39, 0.29) is 28.2 Å². The standard InChI is InChI=1S/C19H20FN5O4.C4H9NO2/c1-29-23-14-6-24(9-19(14)7-21-8-19)17-13(20)4-11-15(26)12(18(27)28)5-25(10-2-3-10)16(11)22-17;1-2-3(5)4(6)7/h4-5,10,21H,2-3,6-9H2,1H3,(H,27,28);3H,2,5H2,1H3,(H,6,7)/b23-14+;. The minimum atomic E-state index is -1.32. The van der Waals surface area contributed by atoms with Gasteiger partial charge in [0.2, 0.25) is 5.43 Å². The van der Waals surface area contributed by atoms with Gasteiger partial charge in [0.15, 0.2) is 11.6 Å². The molecular weight excluding hydrogens is 475 g/mol. The summed E-state index contributed by atoms with van der Waals surface area (Å²) < 4.78 is 16.7. The van der Waals surface area contributed by atoms with E-state index < -0.39 is 29.2 Å². The molecule has 0 amide bonds. The highest BCUT2D eigenvalue weighted by molar-refractivity contribution is 5.99. The number of aliphatic carboxylic acids is 1. The van der Waals surface area contributed by atoms with Gasteiger partial charge in [-0.15, -0.1) is 0 Å². The van der Waals surface area contributed by atoms with Crippen molar-refractivity contribution < 1.29 is 29.0 Å². The summed E-state index contributed by atoms with van der Waals surface area (Å²) in [5.41, 5.74) is 4.88. The molecule has 13 heteroatoms. The Bertz CT molecular complexity index is 1290. The number of nitrogens with two attached hydrogens (primary N) is 1. The van der Waals surface area contributed by atoms with Crippen LogP contribution < -0.4 is 21.4 Å². The molecule has 5 rings (SSSR count). The number of hydrogen-bond donors (Lipinski definition) is 4. The molecule has 194 valence electrons. The third-order valence-electron chi connectivity index (χ3n) is 6.74.